The van der Waals surface area contributed by atoms with Crippen LogP contribution in [0.3, 0.4) is 0 Å². The van der Waals surface area contributed by atoms with Gasteiger partial charge >= 0.3 is 0 Å². The van der Waals surface area contributed by atoms with Crippen molar-refractivity contribution in [1.29, 1.82) is 0 Å². The zero-order valence-electron chi connectivity index (χ0n) is 17.2. The van der Waals surface area contributed by atoms with Gasteiger partial charge in [-0.2, -0.15) is 0 Å². The lowest BCUT2D eigenvalue weighted by Crippen LogP contribution is -2.52. The molecule has 2 aliphatic rings. The number of methoxy groups -OCH3 is 2. The standard InChI is InChI=1S/C21H28O3.C2H6/c1-20(2)14-17(22)12-15-8-6-5-7-11-21(15,20)16-9-10-18(23-3)19(13-16)24-4;1-2/h5-6,9-10,13,15H,7-8,11-12,14H2,1-4H3;1-2H3. The summed E-state index contributed by atoms with van der Waals surface area (Å²) in [5, 5.41) is 0. The zero-order chi connectivity index (χ0) is 19.4. The lowest BCUT2D eigenvalue weighted by molar-refractivity contribution is -0.129. The first kappa shape index (κ1) is 20.5. The number of Topliss-reactive ketones (excluding diaryl/α,β-unsaturated/α-hetero) is 1. The van der Waals surface area contributed by atoms with Crippen molar-refractivity contribution in [3.63, 3.8) is 0 Å². The first-order chi connectivity index (χ1) is 12.4. The van der Waals surface area contributed by atoms with Crippen LogP contribution in [0.5, 0.6) is 11.5 Å². The van der Waals surface area contributed by atoms with E-state index in [1.807, 2.05) is 19.9 Å². The summed E-state index contributed by atoms with van der Waals surface area (Å²) in [5.74, 6) is 2.28. The smallest absolute Gasteiger partial charge is 0.161 e. The van der Waals surface area contributed by atoms with Gasteiger partial charge in [0.15, 0.2) is 11.5 Å². The monoisotopic (exact) mass is 358 g/mol. The van der Waals surface area contributed by atoms with Crippen LogP contribution in [0.15, 0.2) is 30.4 Å². The Hall–Kier alpha value is -1.77. The molecule has 3 rings (SSSR count). The van der Waals surface area contributed by atoms with Gasteiger partial charge in [-0.1, -0.05) is 45.9 Å². The summed E-state index contributed by atoms with van der Waals surface area (Å²) in [6, 6.07) is 6.32. The highest BCUT2D eigenvalue weighted by Crippen LogP contribution is 2.59. The van der Waals surface area contributed by atoms with Crippen LogP contribution in [0.2, 0.25) is 0 Å². The van der Waals surface area contributed by atoms with Crippen LogP contribution >= 0.6 is 0 Å². The average Bonchev–Trinajstić information content (AvgIpc) is 2.85. The van der Waals surface area contributed by atoms with Gasteiger partial charge in [-0.25, -0.2) is 0 Å². The molecule has 144 valence electrons. The third kappa shape index (κ3) is 3.41. The lowest BCUT2D eigenvalue weighted by atomic mass is 9.48. The van der Waals surface area contributed by atoms with Crippen molar-refractivity contribution < 1.29 is 14.3 Å². The molecule has 0 bridgehead atoms. The van der Waals surface area contributed by atoms with E-state index in [-0.39, 0.29) is 10.8 Å². The number of hydrogen-bond acceptors (Lipinski definition) is 3. The van der Waals surface area contributed by atoms with Gasteiger partial charge in [0.2, 0.25) is 0 Å². The van der Waals surface area contributed by atoms with E-state index in [1.54, 1.807) is 14.2 Å². The fraction of sp³-hybridized carbons (Fsp3) is 0.609. The minimum Gasteiger partial charge on any atom is -0.493 e. The largest absolute Gasteiger partial charge is 0.493 e. The van der Waals surface area contributed by atoms with Crippen LogP contribution < -0.4 is 9.47 Å². The van der Waals surface area contributed by atoms with E-state index in [1.165, 1.54) is 5.56 Å². The topological polar surface area (TPSA) is 35.5 Å². The third-order valence-electron chi connectivity index (χ3n) is 6.21. The van der Waals surface area contributed by atoms with E-state index < -0.39 is 0 Å². The van der Waals surface area contributed by atoms with Crippen LogP contribution in [0.1, 0.15) is 65.4 Å². The molecule has 3 nitrogen and oxygen atoms in total. The molecule has 0 heterocycles. The van der Waals surface area contributed by atoms with E-state index in [9.17, 15) is 4.79 Å². The molecule has 3 heteroatoms. The molecule has 1 fully saturated rings. The summed E-state index contributed by atoms with van der Waals surface area (Å²) in [5.41, 5.74) is 1.20. The Morgan fingerprint density at radius 2 is 1.73 bits per heavy atom. The van der Waals surface area contributed by atoms with Crippen LogP contribution in [0.4, 0.5) is 0 Å². The van der Waals surface area contributed by atoms with Gasteiger partial charge in [0.05, 0.1) is 14.2 Å². The summed E-state index contributed by atoms with van der Waals surface area (Å²) in [7, 11) is 3.35. The van der Waals surface area contributed by atoms with E-state index in [2.05, 4.69) is 38.1 Å². The zero-order valence-corrected chi connectivity index (χ0v) is 17.2. The van der Waals surface area contributed by atoms with Crippen molar-refractivity contribution in [2.75, 3.05) is 14.2 Å². The summed E-state index contributed by atoms with van der Waals surface area (Å²) >= 11 is 0. The molecule has 2 aliphatic carbocycles. The summed E-state index contributed by atoms with van der Waals surface area (Å²) in [6.45, 7) is 8.53. The molecule has 0 aromatic heterocycles. The molecular weight excluding hydrogens is 324 g/mol. The fourth-order valence-corrected chi connectivity index (χ4v) is 5.13. The number of benzene rings is 1. The maximum Gasteiger partial charge on any atom is 0.161 e. The number of fused-ring (bicyclic) bond motifs is 1. The molecule has 0 N–H and O–H groups in total. The van der Waals surface area contributed by atoms with Gasteiger partial charge in [0, 0.05) is 18.3 Å². The number of ketones is 1. The number of carbonyl (C=O) groups is 1. The molecule has 1 aromatic rings. The third-order valence-corrected chi connectivity index (χ3v) is 6.21. The Kier molecular flexibility index (Phi) is 6.54. The minimum atomic E-state index is -0.0708. The predicted octanol–water partition coefficient (Wildman–Crippen LogP) is 5.71. The minimum absolute atomic E-state index is 0.00996. The average molecular weight is 359 g/mol. The summed E-state index contributed by atoms with van der Waals surface area (Å²) < 4.78 is 11.0. The molecule has 1 aromatic carbocycles. The maximum absolute atomic E-state index is 12.4. The first-order valence-corrected chi connectivity index (χ1v) is 9.84. The molecule has 2 unspecified atom stereocenters. The second-order valence-electron chi connectivity index (χ2n) is 7.79. The van der Waals surface area contributed by atoms with Crippen LogP contribution in [-0.4, -0.2) is 20.0 Å². The molecule has 2 atom stereocenters. The summed E-state index contributed by atoms with van der Waals surface area (Å²) in [4.78, 5) is 12.4. The Balaban J connectivity index is 0.00000117. The quantitative estimate of drug-likeness (QED) is 0.649. The Labute approximate surface area is 158 Å². The molecule has 0 amide bonds. The molecule has 0 saturated heterocycles. The van der Waals surface area contributed by atoms with Crippen molar-refractivity contribution in [3.05, 3.63) is 35.9 Å². The molecular formula is C23H34O3. The van der Waals surface area contributed by atoms with E-state index in [4.69, 9.17) is 9.47 Å². The molecule has 1 saturated carbocycles. The van der Waals surface area contributed by atoms with Gasteiger partial charge in [-0.3, -0.25) is 4.79 Å². The van der Waals surface area contributed by atoms with Gasteiger partial charge in [-0.05, 0) is 48.3 Å². The SMILES string of the molecule is CC.COc1ccc(C23CCC=CCC2CC(=O)CC3(C)C)cc1OC. The number of ether oxygens (including phenoxy) is 2. The van der Waals surface area contributed by atoms with Crippen molar-refractivity contribution in [2.24, 2.45) is 11.3 Å². The highest BCUT2D eigenvalue weighted by atomic mass is 16.5. The maximum atomic E-state index is 12.4. The molecule has 0 aliphatic heterocycles. The van der Waals surface area contributed by atoms with Crippen molar-refractivity contribution >= 4 is 5.78 Å². The van der Waals surface area contributed by atoms with Crippen LogP contribution in [-0.2, 0) is 10.2 Å². The molecule has 0 spiro atoms. The molecule has 26 heavy (non-hydrogen) atoms. The molecule has 0 radical (unpaired) electrons. The van der Waals surface area contributed by atoms with E-state index >= 15 is 0 Å². The van der Waals surface area contributed by atoms with Crippen molar-refractivity contribution in [3.8, 4) is 11.5 Å². The predicted molar refractivity (Wildman–Crippen MR) is 107 cm³/mol. The Bertz CT molecular complexity index is 659. The highest BCUT2D eigenvalue weighted by Gasteiger charge is 2.55. The lowest BCUT2D eigenvalue weighted by Gasteiger charge is -2.55. The van der Waals surface area contributed by atoms with Crippen molar-refractivity contribution in [1.82, 2.24) is 0 Å². The van der Waals surface area contributed by atoms with E-state index in [0.29, 0.717) is 24.5 Å². The first-order valence-electron chi connectivity index (χ1n) is 9.84. The van der Waals surface area contributed by atoms with Gasteiger partial charge in [0.1, 0.15) is 5.78 Å². The second-order valence-corrected chi connectivity index (χ2v) is 7.79. The number of carbonyl (C=O) groups excluding carboxylic acids is 1. The van der Waals surface area contributed by atoms with Crippen molar-refractivity contribution in [2.45, 2.75) is 65.2 Å². The Morgan fingerprint density at radius 3 is 2.38 bits per heavy atom. The van der Waals surface area contributed by atoms with Gasteiger partial charge in [0.25, 0.3) is 0 Å². The second kappa shape index (κ2) is 8.28. The number of allylic oxidation sites excluding steroid dienone is 2. The van der Waals surface area contributed by atoms with Crippen LogP contribution in [0.25, 0.3) is 0 Å². The fourth-order valence-electron chi connectivity index (χ4n) is 5.13. The Morgan fingerprint density at radius 1 is 1.04 bits per heavy atom. The number of rotatable bonds is 3. The van der Waals surface area contributed by atoms with Gasteiger partial charge < -0.3 is 9.47 Å². The number of hydrogen-bond donors (Lipinski definition) is 0. The highest BCUT2D eigenvalue weighted by molar-refractivity contribution is 5.81. The van der Waals surface area contributed by atoms with Gasteiger partial charge in [-0.15, -0.1) is 0 Å². The normalized spacial score (nSPS) is 26.8. The summed E-state index contributed by atoms with van der Waals surface area (Å²) in [6.07, 6.45) is 8.99. The van der Waals surface area contributed by atoms with E-state index in [0.717, 1.165) is 30.8 Å². The van der Waals surface area contributed by atoms with Crippen LogP contribution in [0, 0.1) is 11.3 Å².